The molecule has 1 fully saturated rings. The van der Waals surface area contributed by atoms with Crippen LogP contribution in [-0.4, -0.2) is 50.5 Å². The molecular formula is C23H27N3O4. The molecule has 7 heteroatoms. The highest BCUT2D eigenvalue weighted by Gasteiger charge is 2.24. The fourth-order valence-corrected chi connectivity index (χ4v) is 3.86. The average Bonchev–Trinajstić information content (AvgIpc) is 3.33. The van der Waals surface area contributed by atoms with E-state index in [1.165, 1.54) is 0 Å². The van der Waals surface area contributed by atoms with Crippen LogP contribution in [0.4, 0.5) is 0 Å². The number of hydrogen-bond acceptors (Lipinski definition) is 7. The molecule has 4 rings (SSSR count). The lowest BCUT2D eigenvalue weighted by molar-refractivity contribution is 0.157. The summed E-state index contributed by atoms with van der Waals surface area (Å²) in [6.07, 6.45) is 2.92. The van der Waals surface area contributed by atoms with Crippen molar-refractivity contribution in [3.63, 3.8) is 0 Å². The van der Waals surface area contributed by atoms with Crippen molar-refractivity contribution >= 4 is 10.9 Å². The third-order valence-electron chi connectivity index (χ3n) is 5.58. The molecule has 0 saturated carbocycles. The van der Waals surface area contributed by atoms with Crippen LogP contribution in [0, 0.1) is 5.92 Å². The molecule has 30 heavy (non-hydrogen) atoms. The molecule has 0 bridgehead atoms. The molecular weight excluding hydrogens is 382 g/mol. The number of ether oxygens (including phenoxy) is 4. The quantitative estimate of drug-likeness (QED) is 0.638. The van der Waals surface area contributed by atoms with Gasteiger partial charge in [0, 0.05) is 24.2 Å². The van der Waals surface area contributed by atoms with Crippen LogP contribution in [0.1, 0.15) is 13.3 Å². The predicted octanol–water partition coefficient (Wildman–Crippen LogP) is 3.70. The van der Waals surface area contributed by atoms with Crippen LogP contribution >= 0.6 is 0 Å². The number of nitrogens with one attached hydrogen (secondary N) is 1. The van der Waals surface area contributed by atoms with Crippen molar-refractivity contribution in [1.82, 2.24) is 15.3 Å². The zero-order valence-electron chi connectivity index (χ0n) is 17.8. The van der Waals surface area contributed by atoms with Crippen LogP contribution in [0.15, 0.2) is 36.5 Å². The maximum absolute atomic E-state index is 6.35. The topological polar surface area (TPSA) is 74.7 Å². The molecule has 1 aromatic carbocycles. The van der Waals surface area contributed by atoms with E-state index in [0.29, 0.717) is 29.0 Å². The Balaban J connectivity index is 1.80. The van der Waals surface area contributed by atoms with E-state index in [9.17, 15) is 0 Å². The molecule has 0 aliphatic carbocycles. The number of rotatable bonds is 7. The average molecular weight is 409 g/mol. The van der Waals surface area contributed by atoms with Gasteiger partial charge in [0.1, 0.15) is 6.10 Å². The highest BCUT2D eigenvalue weighted by Crippen LogP contribution is 2.41. The summed E-state index contributed by atoms with van der Waals surface area (Å²) in [5.74, 6) is 2.74. The third kappa shape index (κ3) is 3.85. The van der Waals surface area contributed by atoms with Gasteiger partial charge in [0.25, 0.3) is 0 Å². The second-order valence-electron chi connectivity index (χ2n) is 7.37. The monoisotopic (exact) mass is 409 g/mol. The number of fused-ring (bicyclic) bond motifs is 1. The van der Waals surface area contributed by atoms with Crippen molar-refractivity contribution in [2.45, 2.75) is 19.4 Å². The second kappa shape index (κ2) is 8.75. The van der Waals surface area contributed by atoms with Gasteiger partial charge in [-0.05, 0) is 50.2 Å². The molecule has 1 aliphatic rings. The van der Waals surface area contributed by atoms with Gasteiger partial charge in [-0.2, -0.15) is 0 Å². The molecule has 1 N–H and O–H groups in total. The largest absolute Gasteiger partial charge is 0.493 e. The van der Waals surface area contributed by atoms with E-state index < -0.39 is 0 Å². The Morgan fingerprint density at radius 2 is 1.83 bits per heavy atom. The summed E-state index contributed by atoms with van der Waals surface area (Å²) < 4.78 is 22.8. The van der Waals surface area contributed by atoms with Gasteiger partial charge < -0.3 is 24.3 Å². The summed E-state index contributed by atoms with van der Waals surface area (Å²) in [6, 6.07) is 9.60. The van der Waals surface area contributed by atoms with E-state index in [0.717, 1.165) is 41.7 Å². The lowest BCUT2D eigenvalue weighted by Crippen LogP contribution is -2.26. The van der Waals surface area contributed by atoms with Crippen molar-refractivity contribution in [1.29, 1.82) is 0 Å². The first-order valence-electron chi connectivity index (χ1n) is 10.1. The number of pyridine rings is 2. The minimum Gasteiger partial charge on any atom is -0.493 e. The number of benzene rings is 1. The predicted molar refractivity (Wildman–Crippen MR) is 116 cm³/mol. The van der Waals surface area contributed by atoms with Gasteiger partial charge in [-0.25, -0.2) is 4.98 Å². The van der Waals surface area contributed by atoms with E-state index in [2.05, 4.69) is 17.2 Å². The van der Waals surface area contributed by atoms with Crippen molar-refractivity contribution in [3.8, 4) is 34.4 Å². The number of aromatic nitrogens is 2. The minimum atomic E-state index is 0.0473. The standard InChI is InChI=1S/C23H27N3O4/c1-14(15-7-9-24-13-15)30-23-17-6-5-8-25-19(17)12-18(26-23)16-10-20(27-2)22(29-4)21(11-16)28-3/h5-6,8,10-12,14-15,24H,7,9,13H2,1-4H3/t14-,15-/m1/s1. The molecule has 0 amide bonds. The molecule has 0 unspecified atom stereocenters. The molecule has 0 spiro atoms. The SMILES string of the molecule is COc1cc(-c2cc3ncccc3c(O[C@H](C)[C@@H]3CCNC3)n2)cc(OC)c1OC. The van der Waals surface area contributed by atoms with E-state index in [1.54, 1.807) is 27.5 Å². The molecule has 2 atom stereocenters. The summed E-state index contributed by atoms with van der Waals surface area (Å²) in [5, 5.41) is 4.29. The highest BCUT2D eigenvalue weighted by atomic mass is 16.5. The van der Waals surface area contributed by atoms with Gasteiger partial charge in [0.15, 0.2) is 11.5 Å². The Bertz CT molecular complexity index is 1010. The van der Waals surface area contributed by atoms with Gasteiger partial charge in [0.2, 0.25) is 11.6 Å². The fourth-order valence-electron chi connectivity index (χ4n) is 3.86. The van der Waals surface area contributed by atoms with Gasteiger partial charge >= 0.3 is 0 Å². The van der Waals surface area contributed by atoms with E-state index in [1.807, 2.05) is 30.3 Å². The maximum Gasteiger partial charge on any atom is 0.223 e. The lowest BCUT2D eigenvalue weighted by atomic mass is 10.0. The molecule has 0 radical (unpaired) electrons. The van der Waals surface area contributed by atoms with Crippen LogP contribution in [0.2, 0.25) is 0 Å². The molecule has 3 aromatic rings. The van der Waals surface area contributed by atoms with Crippen molar-refractivity contribution in [2.24, 2.45) is 5.92 Å². The second-order valence-corrected chi connectivity index (χ2v) is 7.37. The lowest BCUT2D eigenvalue weighted by Gasteiger charge is -2.21. The number of methoxy groups -OCH3 is 3. The smallest absolute Gasteiger partial charge is 0.223 e. The molecule has 1 aliphatic heterocycles. The van der Waals surface area contributed by atoms with Gasteiger partial charge in [-0.3, -0.25) is 4.98 Å². The van der Waals surface area contributed by atoms with Gasteiger partial charge in [0.05, 0.1) is 37.9 Å². The summed E-state index contributed by atoms with van der Waals surface area (Å²) in [7, 11) is 4.79. The first-order valence-corrected chi connectivity index (χ1v) is 10.1. The van der Waals surface area contributed by atoms with Gasteiger partial charge in [-0.15, -0.1) is 0 Å². The zero-order chi connectivity index (χ0) is 21.1. The molecule has 7 nitrogen and oxygen atoms in total. The van der Waals surface area contributed by atoms with Crippen molar-refractivity contribution in [2.75, 3.05) is 34.4 Å². The number of nitrogens with zero attached hydrogens (tertiary/aromatic N) is 2. The Labute approximate surface area is 176 Å². The van der Waals surface area contributed by atoms with Crippen LogP contribution in [-0.2, 0) is 0 Å². The molecule has 158 valence electrons. The zero-order valence-corrected chi connectivity index (χ0v) is 17.8. The summed E-state index contributed by atoms with van der Waals surface area (Å²) in [4.78, 5) is 9.39. The first-order chi connectivity index (χ1) is 14.6. The summed E-state index contributed by atoms with van der Waals surface area (Å²) in [5.41, 5.74) is 2.38. The molecule has 2 aromatic heterocycles. The minimum absolute atomic E-state index is 0.0473. The maximum atomic E-state index is 6.35. The fraction of sp³-hybridized carbons (Fsp3) is 0.391. The van der Waals surface area contributed by atoms with Crippen LogP contribution in [0.3, 0.4) is 0 Å². The van der Waals surface area contributed by atoms with Crippen molar-refractivity contribution in [3.05, 3.63) is 36.5 Å². The highest BCUT2D eigenvalue weighted by molar-refractivity contribution is 5.87. The first kappa shape index (κ1) is 20.2. The summed E-state index contributed by atoms with van der Waals surface area (Å²) >= 11 is 0. The molecule has 1 saturated heterocycles. The Hall–Kier alpha value is -3.06. The number of hydrogen-bond donors (Lipinski definition) is 1. The van der Waals surface area contributed by atoms with E-state index >= 15 is 0 Å². The van der Waals surface area contributed by atoms with E-state index in [4.69, 9.17) is 23.9 Å². The van der Waals surface area contributed by atoms with Gasteiger partial charge in [-0.1, -0.05) is 0 Å². The Kier molecular flexibility index (Phi) is 5.90. The molecule has 3 heterocycles. The third-order valence-corrected chi connectivity index (χ3v) is 5.58. The summed E-state index contributed by atoms with van der Waals surface area (Å²) in [6.45, 7) is 4.09. The van der Waals surface area contributed by atoms with Crippen LogP contribution in [0.5, 0.6) is 23.1 Å². The van der Waals surface area contributed by atoms with Crippen LogP contribution in [0.25, 0.3) is 22.2 Å². The van der Waals surface area contributed by atoms with Crippen LogP contribution < -0.4 is 24.3 Å². The Morgan fingerprint density at radius 3 is 2.47 bits per heavy atom. The normalized spacial score (nSPS) is 17.0. The Morgan fingerprint density at radius 1 is 1.07 bits per heavy atom. The van der Waals surface area contributed by atoms with Crippen molar-refractivity contribution < 1.29 is 18.9 Å². The van der Waals surface area contributed by atoms with E-state index in [-0.39, 0.29) is 6.10 Å².